The SMILES string of the molecule is Cc1cn2c(=O)c(-c3cnn(CCC(F)(F)F)c3)c(C(F)(F)F)nc2n1CC#N. The zero-order valence-electron chi connectivity index (χ0n) is 14.7. The number of aryl methyl sites for hydroxylation is 2. The zero-order valence-corrected chi connectivity index (χ0v) is 14.7. The Balaban J connectivity index is 2.20. The van der Waals surface area contributed by atoms with Crippen LogP contribution >= 0.6 is 0 Å². The van der Waals surface area contributed by atoms with Crippen molar-refractivity contribution in [3.8, 4) is 17.2 Å². The van der Waals surface area contributed by atoms with Crippen molar-refractivity contribution in [2.24, 2.45) is 0 Å². The minimum Gasteiger partial charge on any atom is -0.300 e. The molecule has 0 saturated heterocycles. The summed E-state index contributed by atoms with van der Waals surface area (Å²) in [7, 11) is 0. The molecule has 13 heteroatoms. The summed E-state index contributed by atoms with van der Waals surface area (Å²) in [5.41, 5.74) is -3.38. The topological polar surface area (TPSA) is 80.9 Å². The third kappa shape index (κ3) is 3.96. The molecule has 0 amide bonds. The Kier molecular flexibility index (Phi) is 4.89. The molecule has 0 bridgehead atoms. The van der Waals surface area contributed by atoms with Crippen LogP contribution in [-0.2, 0) is 19.3 Å². The van der Waals surface area contributed by atoms with Crippen LogP contribution in [0.5, 0.6) is 0 Å². The van der Waals surface area contributed by atoms with Gasteiger partial charge in [0.2, 0.25) is 5.78 Å². The molecule has 3 aromatic heterocycles. The Morgan fingerprint density at radius 1 is 1.17 bits per heavy atom. The molecule has 154 valence electrons. The molecule has 0 fully saturated rings. The Morgan fingerprint density at radius 2 is 1.86 bits per heavy atom. The van der Waals surface area contributed by atoms with Gasteiger partial charge in [-0.1, -0.05) is 0 Å². The molecule has 3 aromatic rings. The maximum absolute atomic E-state index is 13.6. The number of nitriles is 1. The summed E-state index contributed by atoms with van der Waals surface area (Å²) in [6.07, 6.45) is -7.66. The predicted octanol–water partition coefficient (Wildman–Crippen LogP) is 3.16. The number of halogens is 6. The molecule has 0 atom stereocenters. The van der Waals surface area contributed by atoms with E-state index < -0.39 is 42.1 Å². The fourth-order valence-corrected chi connectivity index (χ4v) is 2.83. The Morgan fingerprint density at radius 3 is 2.45 bits per heavy atom. The fraction of sp³-hybridized carbons (Fsp3) is 0.375. The average Bonchev–Trinajstić information content (AvgIpc) is 3.18. The summed E-state index contributed by atoms with van der Waals surface area (Å²) in [5.74, 6) is -0.366. The molecule has 0 saturated carbocycles. The molecular formula is C16H12F6N6O. The van der Waals surface area contributed by atoms with Gasteiger partial charge in [0.05, 0.1) is 24.3 Å². The summed E-state index contributed by atoms with van der Waals surface area (Å²) in [5, 5.41) is 12.5. The van der Waals surface area contributed by atoms with Gasteiger partial charge in [0.1, 0.15) is 6.54 Å². The summed E-state index contributed by atoms with van der Waals surface area (Å²) in [4.78, 5) is 16.4. The molecule has 0 aliphatic carbocycles. The molecule has 0 aliphatic heterocycles. The van der Waals surface area contributed by atoms with Gasteiger partial charge in [0, 0.05) is 30.2 Å². The van der Waals surface area contributed by atoms with Crippen molar-refractivity contribution in [2.75, 3.05) is 0 Å². The van der Waals surface area contributed by atoms with Crippen LogP contribution in [0.1, 0.15) is 17.8 Å². The van der Waals surface area contributed by atoms with E-state index in [4.69, 9.17) is 5.26 Å². The van der Waals surface area contributed by atoms with E-state index in [0.717, 1.165) is 26.0 Å². The zero-order chi connectivity index (χ0) is 21.6. The third-order valence-corrected chi connectivity index (χ3v) is 4.12. The first-order chi connectivity index (χ1) is 13.4. The summed E-state index contributed by atoms with van der Waals surface area (Å²) >= 11 is 0. The number of aromatic nitrogens is 5. The van der Waals surface area contributed by atoms with Gasteiger partial charge in [0.15, 0.2) is 5.69 Å². The van der Waals surface area contributed by atoms with Gasteiger partial charge in [0.25, 0.3) is 5.56 Å². The lowest BCUT2D eigenvalue weighted by atomic mass is 10.1. The first-order valence-corrected chi connectivity index (χ1v) is 8.08. The largest absolute Gasteiger partial charge is 0.434 e. The van der Waals surface area contributed by atoms with Crippen molar-refractivity contribution < 1.29 is 26.3 Å². The normalized spacial score (nSPS) is 12.5. The van der Waals surface area contributed by atoms with E-state index in [0.29, 0.717) is 5.69 Å². The highest BCUT2D eigenvalue weighted by Gasteiger charge is 2.39. The first-order valence-electron chi connectivity index (χ1n) is 8.08. The van der Waals surface area contributed by atoms with Gasteiger partial charge in [-0.15, -0.1) is 0 Å². The van der Waals surface area contributed by atoms with E-state index in [2.05, 4.69) is 10.1 Å². The average molecular weight is 418 g/mol. The molecule has 3 rings (SSSR count). The maximum atomic E-state index is 13.6. The van der Waals surface area contributed by atoms with Crippen LogP contribution in [0, 0.1) is 18.3 Å². The molecule has 0 N–H and O–H groups in total. The van der Waals surface area contributed by atoms with Crippen molar-refractivity contribution in [3.05, 3.63) is 40.3 Å². The molecule has 0 aromatic carbocycles. The van der Waals surface area contributed by atoms with Crippen molar-refractivity contribution in [1.82, 2.24) is 23.7 Å². The van der Waals surface area contributed by atoms with Gasteiger partial charge in [-0.3, -0.25) is 13.9 Å². The number of alkyl halides is 6. The number of hydrogen-bond acceptors (Lipinski definition) is 4. The Hall–Kier alpha value is -3.30. The van der Waals surface area contributed by atoms with E-state index in [9.17, 15) is 31.1 Å². The molecule has 3 heterocycles. The van der Waals surface area contributed by atoms with Crippen LogP contribution in [-0.4, -0.2) is 29.9 Å². The summed E-state index contributed by atoms with van der Waals surface area (Å²) in [6, 6.07) is 1.78. The van der Waals surface area contributed by atoms with Crippen molar-refractivity contribution in [1.29, 1.82) is 5.26 Å². The third-order valence-electron chi connectivity index (χ3n) is 4.12. The van der Waals surface area contributed by atoms with Crippen LogP contribution in [0.4, 0.5) is 26.3 Å². The molecule has 0 aliphatic rings. The van der Waals surface area contributed by atoms with Crippen LogP contribution in [0.15, 0.2) is 23.4 Å². The lowest BCUT2D eigenvalue weighted by Crippen LogP contribution is -2.24. The monoisotopic (exact) mass is 418 g/mol. The highest BCUT2D eigenvalue weighted by Crippen LogP contribution is 2.34. The molecule has 29 heavy (non-hydrogen) atoms. The van der Waals surface area contributed by atoms with Crippen molar-refractivity contribution >= 4 is 5.78 Å². The van der Waals surface area contributed by atoms with Gasteiger partial charge in [-0.05, 0) is 6.92 Å². The van der Waals surface area contributed by atoms with E-state index in [-0.39, 0.29) is 17.9 Å². The molecule has 0 radical (unpaired) electrons. The summed E-state index contributed by atoms with van der Waals surface area (Å²) < 4.78 is 80.7. The number of imidazole rings is 1. The predicted molar refractivity (Wildman–Crippen MR) is 86.7 cm³/mol. The molecular weight excluding hydrogens is 406 g/mol. The van der Waals surface area contributed by atoms with Gasteiger partial charge < -0.3 is 4.57 Å². The van der Waals surface area contributed by atoms with Crippen LogP contribution < -0.4 is 5.56 Å². The highest BCUT2D eigenvalue weighted by atomic mass is 19.4. The summed E-state index contributed by atoms with van der Waals surface area (Å²) in [6.45, 7) is 0.563. The number of fused-ring (bicyclic) bond motifs is 1. The van der Waals surface area contributed by atoms with Gasteiger partial charge >= 0.3 is 12.4 Å². The number of nitrogens with zero attached hydrogens (tertiary/aromatic N) is 6. The second-order valence-corrected chi connectivity index (χ2v) is 6.18. The fourth-order valence-electron chi connectivity index (χ4n) is 2.83. The second kappa shape index (κ2) is 6.94. The standard InChI is InChI=1S/C16H12F6N6O/c1-9-7-28-13(29)11(10-6-24-26(8-10)4-2-15(17,18)19)12(16(20,21)22)25-14(28)27(9)5-3-23/h6-8H,2,4-5H2,1H3. The Bertz CT molecular complexity index is 1160. The second-order valence-electron chi connectivity index (χ2n) is 6.18. The quantitative estimate of drug-likeness (QED) is 0.610. The van der Waals surface area contributed by atoms with Gasteiger partial charge in [-0.25, -0.2) is 4.98 Å². The highest BCUT2D eigenvalue weighted by molar-refractivity contribution is 5.65. The molecule has 0 unspecified atom stereocenters. The minimum atomic E-state index is -5.02. The molecule has 0 spiro atoms. The van der Waals surface area contributed by atoms with Crippen LogP contribution in [0.25, 0.3) is 16.9 Å². The minimum absolute atomic E-state index is 0.308. The van der Waals surface area contributed by atoms with Crippen LogP contribution in [0.3, 0.4) is 0 Å². The lowest BCUT2D eigenvalue weighted by Gasteiger charge is -2.11. The van der Waals surface area contributed by atoms with E-state index in [1.54, 1.807) is 6.07 Å². The van der Waals surface area contributed by atoms with Crippen molar-refractivity contribution in [2.45, 2.75) is 38.8 Å². The number of hydrogen-bond donors (Lipinski definition) is 0. The van der Waals surface area contributed by atoms with E-state index >= 15 is 0 Å². The van der Waals surface area contributed by atoms with E-state index in [1.807, 2.05) is 0 Å². The molecule has 7 nitrogen and oxygen atoms in total. The van der Waals surface area contributed by atoms with E-state index in [1.165, 1.54) is 13.1 Å². The first kappa shape index (κ1) is 20.4. The van der Waals surface area contributed by atoms with Crippen LogP contribution in [0.2, 0.25) is 0 Å². The lowest BCUT2D eigenvalue weighted by molar-refractivity contribution is -0.140. The number of rotatable bonds is 4. The Labute approximate surface area is 158 Å². The smallest absolute Gasteiger partial charge is 0.300 e. The van der Waals surface area contributed by atoms with Crippen molar-refractivity contribution in [3.63, 3.8) is 0 Å². The van der Waals surface area contributed by atoms with Gasteiger partial charge in [-0.2, -0.15) is 36.7 Å². The maximum Gasteiger partial charge on any atom is 0.434 e.